The van der Waals surface area contributed by atoms with Gasteiger partial charge in [0.25, 0.3) is 5.91 Å². The van der Waals surface area contributed by atoms with Crippen LogP contribution in [0.3, 0.4) is 0 Å². The fraction of sp³-hybridized carbons (Fsp3) is 0.294. The molecule has 8 heteroatoms. The Labute approximate surface area is 155 Å². The molecule has 0 aliphatic heterocycles. The summed E-state index contributed by atoms with van der Waals surface area (Å²) in [6, 6.07) is 8.89. The van der Waals surface area contributed by atoms with Gasteiger partial charge in [-0.1, -0.05) is 11.6 Å². The van der Waals surface area contributed by atoms with Crippen LogP contribution in [0.25, 0.3) is 0 Å². The van der Waals surface area contributed by atoms with Crippen LogP contribution >= 0.6 is 22.9 Å². The number of rotatable bonds is 5. The molecule has 2 N–H and O–H groups in total. The molecule has 0 fully saturated rings. The van der Waals surface area contributed by atoms with Gasteiger partial charge in [-0.15, -0.1) is 11.3 Å². The Bertz CT molecular complexity index is 759. The SMILES string of the molecule is CCN(CC)c1ccc(NC(=O)ONC(=O)c2ccc(Cl)s2)c(C)c1. The fourth-order valence-electron chi connectivity index (χ4n) is 2.29. The summed E-state index contributed by atoms with van der Waals surface area (Å²) in [5, 5.41) is 2.61. The number of anilines is 2. The highest BCUT2D eigenvalue weighted by molar-refractivity contribution is 7.17. The largest absolute Gasteiger partial charge is 0.436 e. The maximum Gasteiger partial charge on any atom is 0.436 e. The molecule has 1 aromatic heterocycles. The molecule has 0 aliphatic carbocycles. The molecule has 134 valence electrons. The monoisotopic (exact) mass is 381 g/mol. The molecule has 0 unspecified atom stereocenters. The van der Waals surface area contributed by atoms with Crippen LogP contribution in [-0.2, 0) is 4.84 Å². The minimum absolute atomic E-state index is 0.359. The van der Waals surface area contributed by atoms with E-state index in [0.29, 0.717) is 14.9 Å². The van der Waals surface area contributed by atoms with Gasteiger partial charge in [0.15, 0.2) is 0 Å². The van der Waals surface area contributed by atoms with E-state index >= 15 is 0 Å². The van der Waals surface area contributed by atoms with Gasteiger partial charge in [-0.2, -0.15) is 5.48 Å². The summed E-state index contributed by atoms with van der Waals surface area (Å²) in [5.74, 6) is -0.527. The normalized spacial score (nSPS) is 10.2. The summed E-state index contributed by atoms with van der Waals surface area (Å²) < 4.78 is 0.485. The number of nitrogens with zero attached hydrogens (tertiary/aromatic N) is 1. The molecule has 1 aromatic carbocycles. The van der Waals surface area contributed by atoms with Crippen LogP contribution in [0, 0.1) is 6.92 Å². The van der Waals surface area contributed by atoms with Gasteiger partial charge < -0.3 is 9.74 Å². The van der Waals surface area contributed by atoms with Gasteiger partial charge >= 0.3 is 6.09 Å². The summed E-state index contributed by atoms with van der Waals surface area (Å²) in [4.78, 5) is 31.0. The second-order valence-electron chi connectivity index (χ2n) is 5.22. The molecule has 2 rings (SSSR count). The molecule has 0 aliphatic rings. The van der Waals surface area contributed by atoms with Crippen molar-refractivity contribution in [2.75, 3.05) is 23.3 Å². The predicted molar refractivity (Wildman–Crippen MR) is 102 cm³/mol. The molecule has 0 saturated heterocycles. The van der Waals surface area contributed by atoms with Crippen LogP contribution in [0.1, 0.15) is 29.1 Å². The Balaban J connectivity index is 1.93. The lowest BCUT2D eigenvalue weighted by molar-refractivity contribution is 0.0619. The number of hydrogen-bond donors (Lipinski definition) is 2. The standard InChI is InChI=1S/C17H20ClN3O3S/c1-4-21(5-2)12-6-7-13(11(3)10-12)19-17(23)24-20-16(22)14-8-9-15(18)25-14/h6-10H,4-5H2,1-3H3,(H,19,23)(H,20,22). The highest BCUT2D eigenvalue weighted by Gasteiger charge is 2.13. The summed E-state index contributed by atoms with van der Waals surface area (Å²) in [5.41, 5.74) is 4.70. The Morgan fingerprint density at radius 1 is 1.20 bits per heavy atom. The van der Waals surface area contributed by atoms with Crippen molar-refractivity contribution in [3.8, 4) is 0 Å². The molecular weight excluding hydrogens is 362 g/mol. The van der Waals surface area contributed by atoms with Gasteiger partial charge in [0.05, 0.1) is 9.21 Å². The maximum atomic E-state index is 11.9. The van der Waals surface area contributed by atoms with E-state index in [1.165, 1.54) is 0 Å². The van der Waals surface area contributed by atoms with Crippen molar-refractivity contribution >= 4 is 46.3 Å². The van der Waals surface area contributed by atoms with Crippen molar-refractivity contribution in [2.24, 2.45) is 0 Å². The number of halogens is 1. The van der Waals surface area contributed by atoms with Crippen molar-refractivity contribution in [1.29, 1.82) is 0 Å². The Morgan fingerprint density at radius 3 is 2.48 bits per heavy atom. The summed E-state index contributed by atoms with van der Waals surface area (Å²) in [7, 11) is 0. The first-order valence-corrected chi connectivity index (χ1v) is 9.03. The van der Waals surface area contributed by atoms with Crippen molar-refractivity contribution in [2.45, 2.75) is 20.8 Å². The lowest BCUT2D eigenvalue weighted by Crippen LogP contribution is -2.29. The summed E-state index contributed by atoms with van der Waals surface area (Å²) in [6.07, 6.45) is -0.769. The number of nitrogens with one attached hydrogen (secondary N) is 2. The molecular formula is C17H20ClN3O3S. The van der Waals surface area contributed by atoms with E-state index in [0.717, 1.165) is 35.7 Å². The second-order valence-corrected chi connectivity index (χ2v) is 6.94. The Hall–Kier alpha value is -2.25. The third kappa shape index (κ3) is 5.11. The number of hydroxylamine groups is 1. The van der Waals surface area contributed by atoms with Crippen LogP contribution in [0.2, 0.25) is 4.34 Å². The third-order valence-corrected chi connectivity index (χ3v) is 4.84. The minimum atomic E-state index is -0.769. The zero-order valence-electron chi connectivity index (χ0n) is 14.3. The van der Waals surface area contributed by atoms with Crippen LogP contribution in [0.4, 0.5) is 16.2 Å². The van der Waals surface area contributed by atoms with Gasteiger partial charge in [0.2, 0.25) is 0 Å². The van der Waals surface area contributed by atoms with E-state index in [9.17, 15) is 9.59 Å². The van der Waals surface area contributed by atoms with Gasteiger partial charge in [0.1, 0.15) is 0 Å². The fourth-order valence-corrected chi connectivity index (χ4v) is 3.22. The lowest BCUT2D eigenvalue weighted by atomic mass is 10.1. The maximum absolute atomic E-state index is 11.9. The van der Waals surface area contributed by atoms with Gasteiger partial charge in [-0.05, 0) is 56.7 Å². The molecule has 6 nitrogen and oxygen atoms in total. The van der Waals surface area contributed by atoms with Crippen LogP contribution in [-0.4, -0.2) is 25.1 Å². The average Bonchev–Trinajstić information content (AvgIpc) is 3.02. The molecule has 0 radical (unpaired) electrons. The minimum Gasteiger partial charge on any atom is -0.372 e. The number of amides is 2. The first-order valence-electron chi connectivity index (χ1n) is 7.83. The zero-order valence-corrected chi connectivity index (χ0v) is 15.8. The zero-order chi connectivity index (χ0) is 18.4. The van der Waals surface area contributed by atoms with E-state index in [1.54, 1.807) is 12.1 Å². The Kier molecular flexibility index (Phi) is 6.66. The quantitative estimate of drug-likeness (QED) is 0.750. The number of hydrogen-bond acceptors (Lipinski definition) is 5. The smallest absolute Gasteiger partial charge is 0.372 e. The molecule has 2 aromatic rings. The topological polar surface area (TPSA) is 70.7 Å². The molecule has 25 heavy (non-hydrogen) atoms. The number of carbonyl (C=O) groups is 2. The van der Waals surface area contributed by atoms with Crippen LogP contribution < -0.4 is 15.7 Å². The van der Waals surface area contributed by atoms with E-state index in [-0.39, 0.29) is 0 Å². The van der Waals surface area contributed by atoms with E-state index in [2.05, 4.69) is 29.5 Å². The molecule has 0 atom stereocenters. The van der Waals surface area contributed by atoms with Crippen molar-refractivity contribution in [3.05, 3.63) is 45.1 Å². The first-order chi connectivity index (χ1) is 11.9. The van der Waals surface area contributed by atoms with Crippen LogP contribution in [0.15, 0.2) is 30.3 Å². The molecule has 1 heterocycles. The average molecular weight is 382 g/mol. The van der Waals surface area contributed by atoms with E-state index in [1.807, 2.05) is 25.1 Å². The van der Waals surface area contributed by atoms with E-state index < -0.39 is 12.0 Å². The first kappa shape index (κ1) is 19.1. The predicted octanol–water partition coefficient (Wildman–Crippen LogP) is 4.45. The lowest BCUT2D eigenvalue weighted by Gasteiger charge is -2.22. The van der Waals surface area contributed by atoms with Crippen LogP contribution in [0.5, 0.6) is 0 Å². The Morgan fingerprint density at radius 2 is 1.92 bits per heavy atom. The van der Waals surface area contributed by atoms with Crippen molar-refractivity contribution in [1.82, 2.24) is 5.48 Å². The highest BCUT2D eigenvalue weighted by atomic mass is 35.5. The number of benzene rings is 1. The number of carbonyl (C=O) groups excluding carboxylic acids is 2. The van der Waals surface area contributed by atoms with Gasteiger partial charge in [-0.25, -0.2) is 4.79 Å². The summed E-state index contributed by atoms with van der Waals surface area (Å²) in [6.45, 7) is 7.89. The van der Waals surface area contributed by atoms with Crippen molar-refractivity contribution < 1.29 is 14.4 Å². The highest BCUT2D eigenvalue weighted by Crippen LogP contribution is 2.23. The number of thiophene rings is 1. The van der Waals surface area contributed by atoms with Gasteiger partial charge in [-0.3, -0.25) is 10.1 Å². The molecule has 0 bridgehead atoms. The summed E-state index contributed by atoms with van der Waals surface area (Å²) >= 11 is 6.86. The third-order valence-electron chi connectivity index (χ3n) is 3.61. The molecule has 0 saturated carbocycles. The second kappa shape index (κ2) is 8.73. The van der Waals surface area contributed by atoms with Gasteiger partial charge in [0, 0.05) is 24.5 Å². The van der Waals surface area contributed by atoms with E-state index in [4.69, 9.17) is 16.4 Å². The number of aryl methyl sites for hydroxylation is 1. The van der Waals surface area contributed by atoms with Crippen molar-refractivity contribution in [3.63, 3.8) is 0 Å². The molecule has 2 amide bonds. The molecule has 0 spiro atoms.